The van der Waals surface area contributed by atoms with Gasteiger partial charge in [0.25, 0.3) is 5.91 Å². The van der Waals surface area contributed by atoms with E-state index in [1.54, 1.807) is 43.3 Å². The summed E-state index contributed by atoms with van der Waals surface area (Å²) in [5, 5.41) is 5.39. The third-order valence-corrected chi connectivity index (χ3v) is 5.29. The lowest BCUT2D eigenvalue weighted by Crippen LogP contribution is -2.25. The van der Waals surface area contributed by atoms with Gasteiger partial charge in [0.2, 0.25) is 11.8 Å². The molecule has 2 heterocycles. The van der Waals surface area contributed by atoms with E-state index >= 15 is 0 Å². The maximum Gasteiger partial charge on any atom is 0.291 e. The second-order valence-corrected chi connectivity index (χ2v) is 7.92. The monoisotopic (exact) mass is 495 g/mol. The second kappa shape index (κ2) is 11.0. The van der Waals surface area contributed by atoms with E-state index in [1.807, 2.05) is 0 Å². The largest absolute Gasteiger partial charge is 0.453 e. The van der Waals surface area contributed by atoms with Crippen LogP contribution in [0.5, 0.6) is 0 Å². The minimum atomic E-state index is -1.04. The minimum Gasteiger partial charge on any atom is -0.453 e. The molecule has 0 radical (unpaired) electrons. The molecule has 0 aliphatic heterocycles. The molecule has 0 unspecified atom stereocenters. The average molecular weight is 495 g/mol. The highest BCUT2D eigenvalue weighted by molar-refractivity contribution is 6.02. The van der Waals surface area contributed by atoms with Crippen molar-refractivity contribution in [3.05, 3.63) is 94.8 Å². The Morgan fingerprint density at radius 2 is 1.81 bits per heavy atom. The highest BCUT2D eigenvalue weighted by atomic mass is 19.2. The summed E-state index contributed by atoms with van der Waals surface area (Å²) < 4.78 is 43.2. The number of benzene rings is 2. The van der Waals surface area contributed by atoms with Crippen LogP contribution in [-0.2, 0) is 29.1 Å². The predicted octanol–water partition coefficient (Wildman–Crippen LogP) is 4.78. The van der Waals surface area contributed by atoms with E-state index in [-0.39, 0.29) is 30.9 Å². The molecule has 8 nitrogen and oxygen atoms in total. The average Bonchev–Trinajstić information content (AvgIpc) is 3.48. The van der Waals surface area contributed by atoms with Crippen molar-refractivity contribution in [1.29, 1.82) is 0 Å². The van der Waals surface area contributed by atoms with Crippen molar-refractivity contribution in [2.75, 3.05) is 12.4 Å². The van der Waals surface area contributed by atoms with Crippen molar-refractivity contribution in [2.24, 2.45) is 0 Å². The summed E-state index contributed by atoms with van der Waals surface area (Å²) in [5.74, 6) is -1.35. The van der Waals surface area contributed by atoms with Crippen LogP contribution < -0.4 is 10.6 Å². The maximum absolute atomic E-state index is 13.8. The van der Waals surface area contributed by atoms with Gasteiger partial charge in [0, 0.05) is 23.9 Å². The first-order valence-electron chi connectivity index (χ1n) is 11.0. The van der Waals surface area contributed by atoms with Gasteiger partial charge in [-0.3, -0.25) is 9.59 Å². The van der Waals surface area contributed by atoms with Crippen molar-refractivity contribution in [2.45, 2.75) is 26.5 Å². The summed E-state index contributed by atoms with van der Waals surface area (Å²) >= 11 is 0. The molecule has 0 spiro atoms. The van der Waals surface area contributed by atoms with Crippen LogP contribution in [0.2, 0.25) is 0 Å². The third-order valence-electron chi connectivity index (χ3n) is 5.29. The molecule has 4 aromatic rings. The topological polar surface area (TPSA) is 107 Å². The summed E-state index contributed by atoms with van der Waals surface area (Å²) in [4.78, 5) is 29.0. The zero-order valence-electron chi connectivity index (χ0n) is 19.6. The molecule has 2 aromatic heterocycles. The number of halogens is 2. The van der Waals surface area contributed by atoms with Crippen LogP contribution in [0, 0.1) is 18.6 Å². The Bertz CT molecular complexity index is 1380. The lowest BCUT2D eigenvalue weighted by molar-refractivity contribution is -0.120. The second-order valence-electron chi connectivity index (χ2n) is 7.92. The quantitative estimate of drug-likeness (QED) is 0.346. The first kappa shape index (κ1) is 24.8. The van der Waals surface area contributed by atoms with Gasteiger partial charge < -0.3 is 24.2 Å². The predicted molar refractivity (Wildman–Crippen MR) is 126 cm³/mol. The number of anilines is 1. The van der Waals surface area contributed by atoms with Gasteiger partial charge in [-0.1, -0.05) is 12.1 Å². The number of ether oxygens (including phenoxy) is 1. The number of carbonyl (C=O) groups is 2. The van der Waals surface area contributed by atoms with Gasteiger partial charge >= 0.3 is 0 Å². The molecule has 0 fully saturated rings. The number of hydrogen-bond donors (Lipinski definition) is 2. The Morgan fingerprint density at radius 3 is 2.56 bits per heavy atom. The molecule has 0 saturated carbocycles. The van der Waals surface area contributed by atoms with Crippen molar-refractivity contribution >= 4 is 17.5 Å². The number of oxazole rings is 1. The fourth-order valence-electron chi connectivity index (χ4n) is 3.43. The molecular formula is C26H23F2N3O5. The molecule has 186 valence electrons. The fraction of sp³-hybridized carbons (Fsp3) is 0.192. The minimum absolute atomic E-state index is 0.0280. The van der Waals surface area contributed by atoms with Crippen LogP contribution >= 0.6 is 0 Å². The van der Waals surface area contributed by atoms with Crippen molar-refractivity contribution in [3.63, 3.8) is 0 Å². The summed E-state index contributed by atoms with van der Waals surface area (Å²) in [6.07, 6.45) is -0.299. The normalized spacial score (nSPS) is 10.9. The van der Waals surface area contributed by atoms with E-state index in [0.29, 0.717) is 34.4 Å². The molecule has 36 heavy (non-hydrogen) atoms. The summed E-state index contributed by atoms with van der Waals surface area (Å²) in [5.41, 5.74) is 1.68. The van der Waals surface area contributed by atoms with Crippen LogP contribution in [0.3, 0.4) is 0 Å². The number of hydrogen-bond acceptors (Lipinski definition) is 6. The van der Waals surface area contributed by atoms with Crippen molar-refractivity contribution in [3.8, 4) is 11.5 Å². The number of nitrogens with zero attached hydrogens (tertiary/aromatic N) is 1. The van der Waals surface area contributed by atoms with Gasteiger partial charge in [-0.25, -0.2) is 13.8 Å². The van der Waals surface area contributed by atoms with Crippen LogP contribution in [0.1, 0.15) is 33.3 Å². The summed E-state index contributed by atoms with van der Waals surface area (Å²) in [6.45, 7) is 2.04. The fourth-order valence-corrected chi connectivity index (χ4v) is 3.43. The Morgan fingerprint density at radius 1 is 1.03 bits per heavy atom. The molecule has 0 saturated heterocycles. The maximum atomic E-state index is 13.8. The van der Waals surface area contributed by atoms with Crippen LogP contribution in [0.15, 0.2) is 63.4 Å². The van der Waals surface area contributed by atoms with Gasteiger partial charge in [-0.05, 0) is 49.4 Å². The Balaban J connectivity index is 1.35. The van der Waals surface area contributed by atoms with E-state index in [4.69, 9.17) is 13.6 Å². The number of rotatable bonds is 9. The molecule has 10 heteroatoms. The number of furan rings is 1. The molecular weight excluding hydrogens is 472 g/mol. The molecule has 2 N–H and O–H groups in total. The SMILES string of the molecule is COCc1ccc(C(=O)Nc2ccc(-c3nc(CNC(=O)Cc4cccc(F)c4F)c(C)o3)cc2)o1. The Hall–Kier alpha value is -4.31. The number of nitrogens with one attached hydrogen (secondary N) is 2. The number of methoxy groups -OCH3 is 1. The molecule has 0 aliphatic rings. The third kappa shape index (κ3) is 5.84. The van der Waals surface area contributed by atoms with Crippen molar-refractivity contribution in [1.82, 2.24) is 10.3 Å². The standard InChI is InChI=1S/C26H23F2N3O5/c1-15-21(13-29-23(32)12-17-4-3-5-20(27)24(17)28)31-26(35-15)16-6-8-18(9-7-16)30-25(33)22-11-10-19(36-22)14-34-2/h3-11H,12-14H2,1-2H3,(H,29,32)(H,30,33). The van der Waals surface area contributed by atoms with E-state index < -0.39 is 23.4 Å². The lowest BCUT2D eigenvalue weighted by atomic mass is 10.1. The van der Waals surface area contributed by atoms with E-state index in [1.165, 1.54) is 19.2 Å². The van der Waals surface area contributed by atoms with E-state index in [9.17, 15) is 18.4 Å². The molecule has 2 aromatic carbocycles. The van der Waals surface area contributed by atoms with Gasteiger partial charge in [0.1, 0.15) is 23.8 Å². The van der Waals surface area contributed by atoms with Gasteiger partial charge in [0.05, 0.1) is 13.0 Å². The van der Waals surface area contributed by atoms with Crippen LogP contribution in [-0.4, -0.2) is 23.9 Å². The zero-order valence-corrected chi connectivity index (χ0v) is 19.6. The number of aryl methyl sites for hydroxylation is 1. The first-order chi connectivity index (χ1) is 17.3. The molecule has 2 amide bonds. The van der Waals surface area contributed by atoms with E-state index in [0.717, 1.165) is 6.07 Å². The number of carbonyl (C=O) groups excluding carboxylic acids is 2. The highest BCUT2D eigenvalue weighted by Gasteiger charge is 2.16. The number of aromatic nitrogens is 1. The Kier molecular flexibility index (Phi) is 7.55. The van der Waals surface area contributed by atoms with Crippen molar-refractivity contribution < 1.29 is 31.9 Å². The Labute approximate surface area is 205 Å². The molecule has 0 atom stereocenters. The van der Waals surface area contributed by atoms with Crippen LogP contribution in [0.4, 0.5) is 14.5 Å². The lowest BCUT2D eigenvalue weighted by Gasteiger charge is -2.05. The summed E-state index contributed by atoms with van der Waals surface area (Å²) in [6, 6.07) is 13.8. The first-order valence-corrected chi connectivity index (χ1v) is 11.0. The smallest absolute Gasteiger partial charge is 0.291 e. The van der Waals surface area contributed by atoms with Crippen LogP contribution in [0.25, 0.3) is 11.5 Å². The molecule has 4 rings (SSSR count). The number of amides is 2. The highest BCUT2D eigenvalue weighted by Crippen LogP contribution is 2.24. The zero-order chi connectivity index (χ0) is 25.7. The van der Waals surface area contributed by atoms with E-state index in [2.05, 4.69) is 15.6 Å². The molecule has 0 aliphatic carbocycles. The van der Waals surface area contributed by atoms with Gasteiger partial charge in [0.15, 0.2) is 17.4 Å². The van der Waals surface area contributed by atoms with Gasteiger partial charge in [-0.15, -0.1) is 0 Å². The summed E-state index contributed by atoms with van der Waals surface area (Å²) in [7, 11) is 1.54. The molecule has 0 bridgehead atoms. The van der Waals surface area contributed by atoms with Gasteiger partial charge in [-0.2, -0.15) is 0 Å².